The third-order valence-corrected chi connectivity index (χ3v) is 6.89. The average Bonchev–Trinajstić information content (AvgIpc) is 2.47. The van der Waals surface area contributed by atoms with E-state index in [2.05, 4.69) is 16.3 Å². The lowest BCUT2D eigenvalue weighted by molar-refractivity contribution is 0.124. The van der Waals surface area contributed by atoms with E-state index in [0.717, 1.165) is 19.3 Å². The average molecular weight is 314 g/mol. The highest BCUT2D eigenvalue weighted by Crippen LogP contribution is 2.31. The summed E-state index contributed by atoms with van der Waals surface area (Å²) in [4.78, 5) is 2.22. The first kappa shape index (κ1) is 15.3. The molecule has 1 aliphatic heterocycles. The highest BCUT2D eigenvalue weighted by Gasteiger charge is 2.41. The fourth-order valence-corrected chi connectivity index (χ4v) is 5.43. The molecule has 0 aromatic heterocycles. The molecule has 2 atom stereocenters. The Labute approximate surface area is 127 Å². The van der Waals surface area contributed by atoms with Crippen LogP contribution in [0.1, 0.15) is 57.8 Å². The molecule has 0 amide bonds. The van der Waals surface area contributed by atoms with Crippen molar-refractivity contribution in [2.45, 2.75) is 75.2 Å². The van der Waals surface area contributed by atoms with Gasteiger partial charge in [-0.05, 0) is 39.2 Å². The molecule has 3 aliphatic rings. The summed E-state index contributed by atoms with van der Waals surface area (Å²) in [7, 11) is -1.32. The van der Waals surface area contributed by atoms with Crippen molar-refractivity contribution in [3.05, 3.63) is 0 Å². The van der Waals surface area contributed by atoms with Gasteiger partial charge in [-0.1, -0.05) is 25.7 Å². The van der Waals surface area contributed by atoms with Crippen molar-refractivity contribution in [3.63, 3.8) is 0 Å². The van der Waals surface area contributed by atoms with Crippen molar-refractivity contribution in [2.75, 3.05) is 13.6 Å². The third-order valence-electron chi connectivity index (χ3n) is 5.12. The van der Waals surface area contributed by atoms with E-state index < -0.39 is 15.3 Å². The van der Waals surface area contributed by atoms with E-state index in [1.54, 1.807) is 0 Å². The molecule has 0 radical (unpaired) electrons. The van der Waals surface area contributed by atoms with Crippen molar-refractivity contribution >= 4 is 15.9 Å². The molecule has 21 heavy (non-hydrogen) atoms. The van der Waals surface area contributed by atoms with Gasteiger partial charge >= 0.3 is 0 Å². The first-order valence-electron chi connectivity index (χ1n) is 8.26. The summed E-state index contributed by atoms with van der Waals surface area (Å²) in [5, 5.41) is -0.407. The van der Waals surface area contributed by atoms with E-state index in [1.165, 1.54) is 32.1 Å². The number of likely N-dealkylation sites (N-methyl/N-ethyl adjacent to an activating group) is 1. The normalized spacial score (nSPS) is 33.1. The van der Waals surface area contributed by atoms with Gasteiger partial charge in [0, 0.05) is 6.04 Å². The molecular formula is C15H26N2O3S. The van der Waals surface area contributed by atoms with Gasteiger partial charge in [0.05, 0.1) is 6.54 Å². The molecule has 0 aromatic rings. The van der Waals surface area contributed by atoms with Crippen LogP contribution in [0.3, 0.4) is 0 Å². The van der Waals surface area contributed by atoms with Crippen LogP contribution in [-0.4, -0.2) is 50.2 Å². The number of ether oxygens (including phenoxy) is 1. The molecule has 3 rings (SSSR count). The number of hydrogen-bond acceptors (Lipinski definition) is 4. The monoisotopic (exact) mass is 314 g/mol. The zero-order chi connectivity index (χ0) is 14.9. The third kappa shape index (κ3) is 3.42. The highest BCUT2D eigenvalue weighted by molar-refractivity contribution is 7.91. The summed E-state index contributed by atoms with van der Waals surface area (Å²) >= 11 is 0. The minimum atomic E-state index is -3.37. The predicted octanol–water partition coefficient (Wildman–Crippen LogP) is 2.32. The Hall–Kier alpha value is -0.620. The van der Waals surface area contributed by atoms with Gasteiger partial charge in [-0.3, -0.25) is 4.90 Å². The van der Waals surface area contributed by atoms with E-state index in [0.29, 0.717) is 24.9 Å². The molecule has 0 saturated heterocycles. The largest absolute Gasteiger partial charge is 0.475 e. The number of hydrogen-bond donors (Lipinski definition) is 0. The van der Waals surface area contributed by atoms with Gasteiger partial charge in [-0.15, -0.1) is 4.40 Å². The van der Waals surface area contributed by atoms with E-state index in [-0.39, 0.29) is 6.10 Å². The molecule has 0 aromatic carbocycles. The van der Waals surface area contributed by atoms with Crippen LogP contribution in [0.5, 0.6) is 0 Å². The first-order chi connectivity index (χ1) is 10.1. The Bertz CT molecular complexity index is 497. The van der Waals surface area contributed by atoms with Crippen LogP contribution < -0.4 is 0 Å². The summed E-state index contributed by atoms with van der Waals surface area (Å²) in [5.74, 6) is 0.409. The van der Waals surface area contributed by atoms with Crippen LogP contribution in [0.4, 0.5) is 0 Å². The maximum absolute atomic E-state index is 12.3. The Kier molecular flexibility index (Phi) is 4.54. The van der Waals surface area contributed by atoms with Crippen molar-refractivity contribution in [1.29, 1.82) is 0 Å². The van der Waals surface area contributed by atoms with E-state index in [4.69, 9.17) is 4.74 Å². The number of nitrogens with zero attached hydrogens (tertiary/aromatic N) is 2. The summed E-state index contributed by atoms with van der Waals surface area (Å²) in [6, 6.07) is 0.539. The fourth-order valence-electron chi connectivity index (χ4n) is 3.87. The minimum Gasteiger partial charge on any atom is -0.475 e. The first-order valence-corrected chi connectivity index (χ1v) is 9.76. The van der Waals surface area contributed by atoms with Crippen molar-refractivity contribution in [3.8, 4) is 0 Å². The maximum atomic E-state index is 12.3. The van der Waals surface area contributed by atoms with Gasteiger partial charge in [0.25, 0.3) is 10.0 Å². The van der Waals surface area contributed by atoms with E-state index in [1.807, 2.05) is 0 Å². The van der Waals surface area contributed by atoms with Gasteiger partial charge < -0.3 is 4.74 Å². The summed E-state index contributed by atoms with van der Waals surface area (Å²) in [6.45, 7) is 0.521. The molecule has 6 heteroatoms. The molecule has 2 saturated carbocycles. The lowest BCUT2D eigenvalue weighted by atomic mass is 9.94. The van der Waals surface area contributed by atoms with Gasteiger partial charge in [-0.25, -0.2) is 8.42 Å². The molecule has 2 fully saturated rings. The molecule has 2 aliphatic carbocycles. The van der Waals surface area contributed by atoms with Gasteiger partial charge in [0.1, 0.15) is 11.4 Å². The van der Waals surface area contributed by atoms with Crippen molar-refractivity contribution in [2.24, 2.45) is 4.40 Å². The van der Waals surface area contributed by atoms with Crippen LogP contribution in [0.25, 0.3) is 0 Å². The zero-order valence-corrected chi connectivity index (χ0v) is 13.6. The molecule has 0 N–H and O–H groups in total. The number of fused-ring (bicyclic) bond motifs is 1. The summed E-state index contributed by atoms with van der Waals surface area (Å²) in [6.07, 6.45) is 9.65. The second-order valence-electron chi connectivity index (χ2n) is 6.69. The lowest BCUT2D eigenvalue weighted by Crippen LogP contribution is -2.47. The van der Waals surface area contributed by atoms with Crippen LogP contribution in [0.15, 0.2) is 4.40 Å². The van der Waals surface area contributed by atoms with Gasteiger partial charge in [0.2, 0.25) is 5.90 Å². The second kappa shape index (κ2) is 6.24. The van der Waals surface area contributed by atoms with Gasteiger partial charge in [0.15, 0.2) is 0 Å². The molecule has 5 nitrogen and oxygen atoms in total. The van der Waals surface area contributed by atoms with Crippen molar-refractivity contribution in [1.82, 2.24) is 4.90 Å². The standard InChI is InChI=1S/C15H26N2O3S/c1-17(12-7-3-2-4-8-12)11-15-16-21(18,19)14-10-6-5-9-13(14)20-15/h12-14H,2-11H2,1H3. The molecule has 0 spiro atoms. The Morgan fingerprint density at radius 1 is 1.10 bits per heavy atom. The Morgan fingerprint density at radius 2 is 1.76 bits per heavy atom. The molecule has 0 bridgehead atoms. The predicted molar refractivity (Wildman–Crippen MR) is 83.0 cm³/mol. The SMILES string of the molecule is CN(CC1=NS(=O)(=O)C2CCCCC2O1)C1CCCCC1. The zero-order valence-electron chi connectivity index (χ0n) is 12.8. The smallest absolute Gasteiger partial charge is 0.262 e. The van der Waals surface area contributed by atoms with Crippen molar-refractivity contribution < 1.29 is 13.2 Å². The van der Waals surface area contributed by atoms with Crippen LogP contribution in [-0.2, 0) is 14.8 Å². The van der Waals surface area contributed by atoms with Gasteiger partial charge in [-0.2, -0.15) is 0 Å². The van der Waals surface area contributed by atoms with E-state index >= 15 is 0 Å². The van der Waals surface area contributed by atoms with Crippen LogP contribution in [0.2, 0.25) is 0 Å². The summed E-state index contributed by atoms with van der Waals surface area (Å²) < 4.78 is 34.5. The highest BCUT2D eigenvalue weighted by atomic mass is 32.2. The minimum absolute atomic E-state index is 0.170. The van der Waals surface area contributed by atoms with Crippen LogP contribution >= 0.6 is 0 Å². The molecular weight excluding hydrogens is 288 g/mol. The molecule has 120 valence electrons. The quantitative estimate of drug-likeness (QED) is 0.802. The second-order valence-corrected chi connectivity index (χ2v) is 8.50. The lowest BCUT2D eigenvalue weighted by Gasteiger charge is -2.36. The van der Waals surface area contributed by atoms with Crippen LogP contribution in [0, 0.1) is 0 Å². The number of sulfonamides is 1. The Morgan fingerprint density at radius 3 is 2.52 bits per heavy atom. The topological polar surface area (TPSA) is 59.0 Å². The number of rotatable bonds is 3. The maximum Gasteiger partial charge on any atom is 0.262 e. The molecule has 1 heterocycles. The Balaban J connectivity index is 1.68. The van der Waals surface area contributed by atoms with E-state index in [9.17, 15) is 8.42 Å². The summed E-state index contributed by atoms with van der Waals surface area (Å²) in [5.41, 5.74) is 0. The fraction of sp³-hybridized carbons (Fsp3) is 0.933. The molecule has 2 unspecified atom stereocenters.